The molecular formula is C9H13F3O5S. The van der Waals surface area contributed by atoms with E-state index in [0.29, 0.717) is 12.8 Å². The number of halogens is 3. The molecule has 1 rings (SSSR count). The predicted octanol–water partition coefficient (Wildman–Crippen LogP) is 1.89. The number of hydrogen-bond donors (Lipinski definition) is 1. The number of rotatable bonds is 4. The number of aliphatic carboxylic acids is 1. The second-order valence-corrected chi connectivity index (χ2v) is 5.92. The fourth-order valence-electron chi connectivity index (χ4n) is 1.91. The van der Waals surface area contributed by atoms with Crippen LogP contribution in [0.1, 0.15) is 32.1 Å². The molecule has 1 aliphatic rings. The molecule has 0 aromatic carbocycles. The van der Waals surface area contributed by atoms with Gasteiger partial charge in [-0.15, -0.1) is 0 Å². The monoisotopic (exact) mass is 290 g/mol. The topological polar surface area (TPSA) is 80.7 Å². The minimum absolute atomic E-state index is 0.121. The molecule has 1 aliphatic carbocycles. The molecule has 0 unspecified atom stereocenters. The first-order valence-corrected chi connectivity index (χ1v) is 6.71. The molecule has 0 aromatic rings. The third-order valence-electron chi connectivity index (χ3n) is 3.04. The summed E-state index contributed by atoms with van der Waals surface area (Å²) in [5, 5.41) is 9.03. The van der Waals surface area contributed by atoms with Crippen molar-refractivity contribution >= 4 is 16.1 Å². The van der Waals surface area contributed by atoms with E-state index < -0.39 is 33.6 Å². The third-order valence-corrected chi connectivity index (χ3v) is 4.03. The molecule has 9 heteroatoms. The molecule has 0 heterocycles. The SMILES string of the molecule is O=C(O)C1(COS(=O)(=O)C(F)(F)F)CCCCC1. The molecule has 0 radical (unpaired) electrons. The first-order valence-electron chi connectivity index (χ1n) is 5.30. The highest BCUT2D eigenvalue weighted by Gasteiger charge is 2.50. The second-order valence-electron chi connectivity index (χ2n) is 4.31. The molecule has 0 bridgehead atoms. The van der Waals surface area contributed by atoms with E-state index in [1.807, 2.05) is 0 Å². The Bertz CT molecular complexity index is 408. The lowest BCUT2D eigenvalue weighted by molar-refractivity contribution is -0.153. The number of carbonyl (C=O) groups is 1. The van der Waals surface area contributed by atoms with E-state index >= 15 is 0 Å². The van der Waals surface area contributed by atoms with Gasteiger partial charge in [0.1, 0.15) is 0 Å². The van der Waals surface area contributed by atoms with Crippen molar-refractivity contribution in [2.45, 2.75) is 37.6 Å². The lowest BCUT2D eigenvalue weighted by Crippen LogP contribution is -2.40. The van der Waals surface area contributed by atoms with Gasteiger partial charge in [0.2, 0.25) is 0 Å². The normalized spacial score (nSPS) is 20.6. The molecule has 1 N–H and O–H groups in total. The van der Waals surface area contributed by atoms with E-state index in [-0.39, 0.29) is 12.8 Å². The van der Waals surface area contributed by atoms with Crippen molar-refractivity contribution in [2.75, 3.05) is 6.61 Å². The van der Waals surface area contributed by atoms with Crippen LogP contribution in [-0.2, 0) is 19.1 Å². The van der Waals surface area contributed by atoms with E-state index in [0.717, 1.165) is 6.42 Å². The zero-order chi connectivity index (χ0) is 14.0. The molecule has 0 spiro atoms. The van der Waals surface area contributed by atoms with Gasteiger partial charge in [-0.25, -0.2) is 0 Å². The summed E-state index contributed by atoms with van der Waals surface area (Å²) < 4.78 is 61.5. The Morgan fingerprint density at radius 3 is 2.11 bits per heavy atom. The number of hydrogen-bond acceptors (Lipinski definition) is 4. The van der Waals surface area contributed by atoms with E-state index in [2.05, 4.69) is 4.18 Å². The minimum atomic E-state index is -5.73. The molecule has 0 aliphatic heterocycles. The van der Waals surface area contributed by atoms with Gasteiger partial charge in [0.15, 0.2) is 0 Å². The molecule has 1 fully saturated rings. The van der Waals surface area contributed by atoms with Crippen molar-refractivity contribution in [3.63, 3.8) is 0 Å². The van der Waals surface area contributed by atoms with Gasteiger partial charge in [0.05, 0.1) is 12.0 Å². The molecule has 106 valence electrons. The average Bonchev–Trinajstić information content (AvgIpc) is 2.26. The molecule has 0 saturated heterocycles. The Hall–Kier alpha value is -0.830. The molecular weight excluding hydrogens is 277 g/mol. The fraction of sp³-hybridized carbons (Fsp3) is 0.889. The quantitative estimate of drug-likeness (QED) is 0.631. The van der Waals surface area contributed by atoms with Crippen LogP contribution in [0.2, 0.25) is 0 Å². The molecule has 0 atom stereocenters. The summed E-state index contributed by atoms with van der Waals surface area (Å²) in [6, 6.07) is 0. The van der Waals surface area contributed by atoms with Crippen molar-refractivity contribution in [1.82, 2.24) is 0 Å². The highest BCUT2D eigenvalue weighted by molar-refractivity contribution is 7.87. The van der Waals surface area contributed by atoms with E-state index in [1.165, 1.54) is 0 Å². The van der Waals surface area contributed by atoms with Crippen molar-refractivity contribution in [3.8, 4) is 0 Å². The van der Waals surface area contributed by atoms with E-state index in [1.54, 1.807) is 0 Å². The minimum Gasteiger partial charge on any atom is -0.481 e. The van der Waals surface area contributed by atoms with Crippen LogP contribution in [0.4, 0.5) is 13.2 Å². The Morgan fingerprint density at radius 1 is 1.22 bits per heavy atom. The Labute approximate surface area is 102 Å². The van der Waals surface area contributed by atoms with Crippen molar-refractivity contribution < 1.29 is 35.7 Å². The largest absolute Gasteiger partial charge is 0.523 e. The van der Waals surface area contributed by atoms with Gasteiger partial charge in [-0.3, -0.25) is 8.98 Å². The van der Waals surface area contributed by atoms with Gasteiger partial charge in [-0.2, -0.15) is 21.6 Å². The van der Waals surface area contributed by atoms with Gasteiger partial charge >= 0.3 is 21.6 Å². The number of alkyl halides is 3. The predicted molar refractivity (Wildman–Crippen MR) is 54.1 cm³/mol. The van der Waals surface area contributed by atoms with Crippen LogP contribution < -0.4 is 0 Å². The maximum absolute atomic E-state index is 12.1. The summed E-state index contributed by atoms with van der Waals surface area (Å²) in [5.41, 5.74) is -7.06. The first kappa shape index (κ1) is 15.2. The average molecular weight is 290 g/mol. The molecule has 0 amide bonds. The van der Waals surface area contributed by atoms with E-state index in [9.17, 15) is 26.4 Å². The van der Waals surface area contributed by atoms with Crippen LogP contribution in [0.5, 0.6) is 0 Å². The summed E-state index contributed by atoms with van der Waals surface area (Å²) in [6.07, 6.45) is 2.08. The molecule has 1 saturated carbocycles. The molecule has 5 nitrogen and oxygen atoms in total. The van der Waals surface area contributed by atoms with Gasteiger partial charge < -0.3 is 5.11 Å². The lowest BCUT2D eigenvalue weighted by atomic mass is 9.75. The zero-order valence-electron chi connectivity index (χ0n) is 9.36. The lowest BCUT2D eigenvalue weighted by Gasteiger charge is -2.32. The van der Waals surface area contributed by atoms with Crippen LogP contribution in [0.15, 0.2) is 0 Å². The van der Waals surface area contributed by atoms with Gasteiger partial charge in [0, 0.05) is 0 Å². The van der Waals surface area contributed by atoms with Gasteiger partial charge in [-0.1, -0.05) is 19.3 Å². The Balaban J connectivity index is 2.79. The fourth-order valence-corrected chi connectivity index (χ4v) is 2.42. The zero-order valence-corrected chi connectivity index (χ0v) is 10.2. The van der Waals surface area contributed by atoms with Crippen LogP contribution in [0.3, 0.4) is 0 Å². The Morgan fingerprint density at radius 2 is 1.72 bits per heavy atom. The van der Waals surface area contributed by atoms with Crippen molar-refractivity contribution in [2.24, 2.45) is 5.41 Å². The van der Waals surface area contributed by atoms with Crippen LogP contribution in [-0.4, -0.2) is 31.6 Å². The van der Waals surface area contributed by atoms with E-state index in [4.69, 9.17) is 5.11 Å². The summed E-state index contributed by atoms with van der Waals surface area (Å²) >= 11 is 0. The maximum Gasteiger partial charge on any atom is 0.523 e. The third kappa shape index (κ3) is 3.14. The molecule has 0 aromatic heterocycles. The van der Waals surface area contributed by atoms with Gasteiger partial charge in [-0.05, 0) is 12.8 Å². The smallest absolute Gasteiger partial charge is 0.481 e. The molecule has 18 heavy (non-hydrogen) atoms. The standard InChI is InChI=1S/C9H13F3O5S/c10-9(11,12)18(15,16)17-6-8(7(13)14)4-2-1-3-5-8/h1-6H2,(H,13,14). The van der Waals surface area contributed by atoms with Crippen molar-refractivity contribution in [3.05, 3.63) is 0 Å². The number of carboxylic acid groups (broad SMARTS) is 1. The summed E-state index contributed by atoms with van der Waals surface area (Å²) in [4.78, 5) is 11.1. The first-order chi connectivity index (χ1) is 8.11. The van der Waals surface area contributed by atoms with Crippen LogP contribution in [0.25, 0.3) is 0 Å². The highest BCUT2D eigenvalue weighted by atomic mass is 32.2. The highest BCUT2D eigenvalue weighted by Crippen LogP contribution is 2.38. The van der Waals surface area contributed by atoms with Crippen LogP contribution >= 0.6 is 0 Å². The van der Waals surface area contributed by atoms with Crippen molar-refractivity contribution in [1.29, 1.82) is 0 Å². The number of carboxylic acids is 1. The summed E-state index contributed by atoms with van der Waals surface area (Å²) in [7, 11) is -5.73. The maximum atomic E-state index is 12.1. The van der Waals surface area contributed by atoms with Crippen LogP contribution in [0, 0.1) is 5.41 Å². The summed E-state index contributed by atoms with van der Waals surface area (Å²) in [6.45, 7) is -0.968. The second kappa shape index (κ2) is 5.04. The Kier molecular flexibility index (Phi) is 4.26. The van der Waals surface area contributed by atoms with Gasteiger partial charge in [0.25, 0.3) is 0 Å². The summed E-state index contributed by atoms with van der Waals surface area (Å²) in [5.74, 6) is -1.32.